The number of carbonyl (C=O) groups excluding carboxylic acids is 1. The Morgan fingerprint density at radius 3 is 3.07 bits per heavy atom. The molecule has 1 saturated heterocycles. The standard InChI is InChI=1S/C10H13N3O/c1-8-3-2-4-13(8)10-6-11-5-9(7-14)12-10/h5-8H,2-4H2,1H3/t8-/m1/s1. The van der Waals surface area contributed by atoms with E-state index < -0.39 is 0 Å². The van der Waals surface area contributed by atoms with E-state index in [1.165, 1.54) is 19.0 Å². The average Bonchev–Trinajstić information content (AvgIpc) is 2.65. The molecule has 14 heavy (non-hydrogen) atoms. The first-order chi connectivity index (χ1) is 6.81. The number of nitrogens with zero attached hydrogens (tertiary/aromatic N) is 3. The smallest absolute Gasteiger partial charge is 0.170 e. The summed E-state index contributed by atoms with van der Waals surface area (Å²) in [4.78, 5) is 20.9. The Balaban J connectivity index is 2.26. The highest BCUT2D eigenvalue weighted by molar-refractivity contribution is 5.71. The summed E-state index contributed by atoms with van der Waals surface area (Å²) < 4.78 is 0. The van der Waals surface area contributed by atoms with Crippen LogP contribution in [0.2, 0.25) is 0 Å². The van der Waals surface area contributed by atoms with Crippen LogP contribution in [0.1, 0.15) is 30.3 Å². The third kappa shape index (κ3) is 1.60. The molecule has 0 amide bonds. The molecule has 4 heteroatoms. The molecule has 1 aliphatic rings. The van der Waals surface area contributed by atoms with Crippen LogP contribution in [-0.4, -0.2) is 28.8 Å². The summed E-state index contributed by atoms with van der Waals surface area (Å²) in [6, 6.07) is 0.506. The summed E-state index contributed by atoms with van der Waals surface area (Å²) in [5.41, 5.74) is 0.404. The minimum atomic E-state index is 0.404. The van der Waals surface area contributed by atoms with Crippen LogP contribution in [0.4, 0.5) is 5.82 Å². The highest BCUT2D eigenvalue weighted by Gasteiger charge is 2.21. The fraction of sp³-hybridized carbons (Fsp3) is 0.500. The van der Waals surface area contributed by atoms with Crippen molar-refractivity contribution in [2.75, 3.05) is 11.4 Å². The second-order valence-electron chi connectivity index (χ2n) is 3.60. The number of hydrogen-bond donors (Lipinski definition) is 0. The van der Waals surface area contributed by atoms with Gasteiger partial charge in [-0.1, -0.05) is 0 Å². The van der Waals surface area contributed by atoms with E-state index in [9.17, 15) is 4.79 Å². The number of rotatable bonds is 2. The van der Waals surface area contributed by atoms with Gasteiger partial charge in [-0.15, -0.1) is 0 Å². The number of aromatic nitrogens is 2. The summed E-state index contributed by atoms with van der Waals surface area (Å²) in [7, 11) is 0. The van der Waals surface area contributed by atoms with Crippen LogP contribution in [0.25, 0.3) is 0 Å². The second-order valence-corrected chi connectivity index (χ2v) is 3.60. The van der Waals surface area contributed by atoms with Crippen LogP contribution in [0, 0.1) is 0 Å². The molecule has 1 fully saturated rings. The summed E-state index contributed by atoms with van der Waals surface area (Å²) >= 11 is 0. The number of carbonyl (C=O) groups is 1. The molecule has 0 saturated carbocycles. The quantitative estimate of drug-likeness (QED) is 0.660. The maximum Gasteiger partial charge on any atom is 0.170 e. The summed E-state index contributed by atoms with van der Waals surface area (Å²) in [6.45, 7) is 3.18. The predicted octanol–water partition coefficient (Wildman–Crippen LogP) is 1.28. The molecule has 0 aliphatic carbocycles. The van der Waals surface area contributed by atoms with E-state index in [2.05, 4.69) is 21.8 Å². The Bertz CT molecular complexity index is 340. The molecule has 0 spiro atoms. The van der Waals surface area contributed by atoms with E-state index in [1.54, 1.807) is 6.20 Å². The molecule has 2 heterocycles. The van der Waals surface area contributed by atoms with E-state index >= 15 is 0 Å². The van der Waals surface area contributed by atoms with Gasteiger partial charge in [0, 0.05) is 12.6 Å². The Kier molecular flexibility index (Phi) is 2.43. The maximum atomic E-state index is 10.5. The van der Waals surface area contributed by atoms with E-state index in [0.717, 1.165) is 18.6 Å². The van der Waals surface area contributed by atoms with Gasteiger partial charge in [-0.2, -0.15) is 0 Å². The Morgan fingerprint density at radius 2 is 2.43 bits per heavy atom. The summed E-state index contributed by atoms with van der Waals surface area (Å²) in [5, 5.41) is 0. The van der Waals surface area contributed by atoms with Crippen molar-refractivity contribution in [1.29, 1.82) is 0 Å². The largest absolute Gasteiger partial charge is 0.353 e. The van der Waals surface area contributed by atoms with Gasteiger partial charge < -0.3 is 4.90 Å². The molecule has 2 rings (SSSR count). The third-order valence-corrected chi connectivity index (χ3v) is 2.61. The molecule has 0 aromatic carbocycles. The van der Waals surface area contributed by atoms with E-state index in [1.807, 2.05) is 0 Å². The Labute approximate surface area is 83.0 Å². The van der Waals surface area contributed by atoms with Gasteiger partial charge in [0.05, 0.1) is 12.4 Å². The summed E-state index contributed by atoms with van der Waals surface area (Å²) in [6.07, 6.45) is 6.31. The molecule has 74 valence electrons. The van der Waals surface area contributed by atoms with Crippen LogP contribution < -0.4 is 4.90 Å². The van der Waals surface area contributed by atoms with Crippen molar-refractivity contribution in [2.45, 2.75) is 25.8 Å². The Morgan fingerprint density at radius 1 is 1.57 bits per heavy atom. The van der Waals surface area contributed by atoms with Gasteiger partial charge in [0.1, 0.15) is 11.5 Å². The number of aldehydes is 1. The maximum absolute atomic E-state index is 10.5. The molecule has 1 aliphatic heterocycles. The zero-order valence-corrected chi connectivity index (χ0v) is 8.18. The lowest BCUT2D eigenvalue weighted by molar-refractivity contribution is 0.111. The third-order valence-electron chi connectivity index (χ3n) is 2.61. The van der Waals surface area contributed by atoms with Crippen LogP contribution in [-0.2, 0) is 0 Å². The monoisotopic (exact) mass is 191 g/mol. The molecule has 1 atom stereocenters. The average molecular weight is 191 g/mol. The predicted molar refractivity (Wildman–Crippen MR) is 53.5 cm³/mol. The van der Waals surface area contributed by atoms with Gasteiger partial charge in [-0.3, -0.25) is 9.78 Å². The zero-order chi connectivity index (χ0) is 9.97. The summed E-state index contributed by atoms with van der Waals surface area (Å²) in [5.74, 6) is 0.819. The Hall–Kier alpha value is -1.45. The molecular weight excluding hydrogens is 178 g/mol. The molecule has 0 N–H and O–H groups in total. The van der Waals surface area contributed by atoms with Crippen LogP contribution >= 0.6 is 0 Å². The van der Waals surface area contributed by atoms with E-state index in [-0.39, 0.29) is 0 Å². The lowest BCUT2D eigenvalue weighted by Crippen LogP contribution is -2.27. The second kappa shape index (κ2) is 3.74. The van der Waals surface area contributed by atoms with Crippen LogP contribution in [0.5, 0.6) is 0 Å². The van der Waals surface area contributed by atoms with Crippen molar-refractivity contribution in [3.05, 3.63) is 18.1 Å². The first-order valence-electron chi connectivity index (χ1n) is 4.85. The normalized spacial score (nSPS) is 21.2. The fourth-order valence-corrected chi connectivity index (χ4v) is 1.84. The first kappa shape index (κ1) is 9.12. The van der Waals surface area contributed by atoms with Gasteiger partial charge in [-0.05, 0) is 19.8 Å². The van der Waals surface area contributed by atoms with Gasteiger partial charge in [0.15, 0.2) is 6.29 Å². The van der Waals surface area contributed by atoms with Crippen molar-refractivity contribution in [1.82, 2.24) is 9.97 Å². The zero-order valence-electron chi connectivity index (χ0n) is 8.18. The molecule has 1 aromatic rings. The molecule has 0 bridgehead atoms. The SMILES string of the molecule is C[C@@H]1CCCN1c1cncc(C=O)n1. The van der Waals surface area contributed by atoms with Crippen molar-refractivity contribution >= 4 is 12.1 Å². The highest BCUT2D eigenvalue weighted by atomic mass is 16.1. The topological polar surface area (TPSA) is 46.1 Å². The van der Waals surface area contributed by atoms with E-state index in [4.69, 9.17) is 0 Å². The van der Waals surface area contributed by atoms with Crippen molar-refractivity contribution in [3.63, 3.8) is 0 Å². The van der Waals surface area contributed by atoms with Gasteiger partial charge >= 0.3 is 0 Å². The molecule has 4 nitrogen and oxygen atoms in total. The molecular formula is C10H13N3O. The first-order valence-corrected chi connectivity index (χ1v) is 4.85. The highest BCUT2D eigenvalue weighted by Crippen LogP contribution is 2.22. The molecule has 0 unspecified atom stereocenters. The van der Waals surface area contributed by atoms with Crippen LogP contribution in [0.3, 0.4) is 0 Å². The van der Waals surface area contributed by atoms with Gasteiger partial charge in [-0.25, -0.2) is 4.98 Å². The lowest BCUT2D eigenvalue weighted by Gasteiger charge is -2.21. The number of anilines is 1. The minimum absolute atomic E-state index is 0.404. The van der Waals surface area contributed by atoms with Crippen molar-refractivity contribution in [2.24, 2.45) is 0 Å². The van der Waals surface area contributed by atoms with Gasteiger partial charge in [0.2, 0.25) is 0 Å². The molecule has 1 aromatic heterocycles. The fourth-order valence-electron chi connectivity index (χ4n) is 1.84. The molecule has 0 radical (unpaired) electrons. The van der Waals surface area contributed by atoms with Crippen molar-refractivity contribution in [3.8, 4) is 0 Å². The van der Waals surface area contributed by atoms with Crippen molar-refractivity contribution < 1.29 is 4.79 Å². The minimum Gasteiger partial charge on any atom is -0.353 e. The van der Waals surface area contributed by atoms with Crippen LogP contribution in [0.15, 0.2) is 12.4 Å². The van der Waals surface area contributed by atoms with E-state index in [0.29, 0.717) is 11.7 Å². The lowest BCUT2D eigenvalue weighted by atomic mass is 10.2. The van der Waals surface area contributed by atoms with Gasteiger partial charge in [0.25, 0.3) is 0 Å². The number of hydrogen-bond acceptors (Lipinski definition) is 4.